The zero-order valence-corrected chi connectivity index (χ0v) is 9.88. The molecule has 0 unspecified atom stereocenters. The molecule has 1 N–H and O–H groups in total. The summed E-state index contributed by atoms with van der Waals surface area (Å²) in [7, 11) is 0. The van der Waals surface area contributed by atoms with Crippen molar-refractivity contribution in [2.75, 3.05) is 0 Å². The number of pyridine rings is 1. The van der Waals surface area contributed by atoms with E-state index in [1.165, 1.54) is 0 Å². The van der Waals surface area contributed by atoms with Crippen LogP contribution in [0.25, 0.3) is 11.1 Å². The lowest BCUT2D eigenvalue weighted by Gasteiger charge is -2.08. The highest BCUT2D eigenvalue weighted by Crippen LogP contribution is 2.30. The van der Waals surface area contributed by atoms with E-state index in [4.69, 9.17) is 16.9 Å². The smallest absolute Gasteiger partial charge is 0.266 e. The lowest BCUT2D eigenvalue weighted by Crippen LogP contribution is -2.13. The molecular weight excluding hydrogens is 236 g/mol. The number of hydrogen-bond donors (Lipinski definition) is 1. The van der Waals surface area contributed by atoms with E-state index in [-0.39, 0.29) is 5.56 Å². The van der Waals surface area contributed by atoms with Gasteiger partial charge in [0.2, 0.25) is 0 Å². The minimum atomic E-state index is -0.409. The second-order valence-electron chi connectivity index (χ2n) is 3.62. The average molecular weight is 245 g/mol. The third-order valence-corrected chi connectivity index (χ3v) is 2.97. The Balaban J connectivity index is 2.86. The zero-order valence-electron chi connectivity index (χ0n) is 9.12. The quantitative estimate of drug-likeness (QED) is 0.839. The van der Waals surface area contributed by atoms with Gasteiger partial charge in [-0.05, 0) is 12.5 Å². The molecule has 17 heavy (non-hydrogen) atoms. The van der Waals surface area contributed by atoms with Gasteiger partial charge in [0.25, 0.3) is 5.56 Å². The standard InChI is InChI=1S/C13H9ClN2O/c1-8-12(14)11(9-5-3-2-4-6-9)10(7-15)13(17)16-8/h2-6H,1H3,(H,16,17). The fourth-order valence-corrected chi connectivity index (χ4v) is 1.93. The third-order valence-electron chi connectivity index (χ3n) is 2.50. The summed E-state index contributed by atoms with van der Waals surface area (Å²) in [5, 5.41) is 9.46. The molecule has 0 saturated heterocycles. The molecule has 0 saturated carbocycles. The maximum atomic E-state index is 11.7. The number of aromatic nitrogens is 1. The summed E-state index contributed by atoms with van der Waals surface area (Å²) in [5.74, 6) is 0. The van der Waals surface area contributed by atoms with E-state index in [2.05, 4.69) is 4.98 Å². The van der Waals surface area contributed by atoms with E-state index >= 15 is 0 Å². The van der Waals surface area contributed by atoms with Crippen molar-refractivity contribution in [2.24, 2.45) is 0 Å². The molecule has 1 aromatic heterocycles. The van der Waals surface area contributed by atoms with E-state index in [1.807, 2.05) is 36.4 Å². The molecule has 84 valence electrons. The Kier molecular flexibility index (Phi) is 2.99. The van der Waals surface area contributed by atoms with Gasteiger partial charge in [-0.1, -0.05) is 41.9 Å². The van der Waals surface area contributed by atoms with Gasteiger partial charge >= 0.3 is 0 Å². The Hall–Kier alpha value is -2.05. The molecule has 0 spiro atoms. The number of benzene rings is 1. The summed E-state index contributed by atoms with van der Waals surface area (Å²) in [6, 6.07) is 11.1. The number of halogens is 1. The first kappa shape index (κ1) is 11.4. The van der Waals surface area contributed by atoms with Crippen molar-refractivity contribution in [3.63, 3.8) is 0 Å². The normalized spacial score (nSPS) is 9.94. The van der Waals surface area contributed by atoms with Crippen molar-refractivity contribution < 1.29 is 0 Å². The molecule has 0 radical (unpaired) electrons. The number of nitrogens with zero attached hydrogens (tertiary/aromatic N) is 1. The number of nitriles is 1. The van der Waals surface area contributed by atoms with Crippen LogP contribution in [0.1, 0.15) is 11.3 Å². The first-order chi connectivity index (χ1) is 8.15. The van der Waals surface area contributed by atoms with Crippen molar-refractivity contribution in [1.82, 2.24) is 4.98 Å². The molecule has 0 aliphatic heterocycles. The van der Waals surface area contributed by atoms with Crippen LogP contribution < -0.4 is 5.56 Å². The van der Waals surface area contributed by atoms with Gasteiger partial charge in [0.05, 0.1) is 5.02 Å². The van der Waals surface area contributed by atoms with Gasteiger partial charge < -0.3 is 4.98 Å². The van der Waals surface area contributed by atoms with Gasteiger partial charge in [0.15, 0.2) is 0 Å². The molecule has 1 heterocycles. The summed E-state index contributed by atoms with van der Waals surface area (Å²) >= 11 is 6.16. The summed E-state index contributed by atoms with van der Waals surface area (Å²) < 4.78 is 0. The number of nitrogens with one attached hydrogen (secondary N) is 1. The van der Waals surface area contributed by atoms with Crippen molar-refractivity contribution in [2.45, 2.75) is 6.92 Å². The lowest BCUT2D eigenvalue weighted by atomic mass is 10.0. The predicted molar refractivity (Wildman–Crippen MR) is 67.0 cm³/mol. The summed E-state index contributed by atoms with van der Waals surface area (Å²) in [4.78, 5) is 14.2. The summed E-state index contributed by atoms with van der Waals surface area (Å²) in [6.45, 7) is 1.71. The predicted octanol–water partition coefficient (Wildman–Crippen LogP) is 2.88. The van der Waals surface area contributed by atoms with Crippen LogP contribution in [0.2, 0.25) is 5.02 Å². The minimum Gasteiger partial charge on any atom is -0.324 e. The molecule has 2 rings (SSSR count). The fourth-order valence-electron chi connectivity index (χ4n) is 1.68. The number of hydrogen-bond acceptors (Lipinski definition) is 2. The number of rotatable bonds is 1. The van der Waals surface area contributed by atoms with Crippen molar-refractivity contribution in [3.05, 3.63) is 57.0 Å². The van der Waals surface area contributed by atoms with Gasteiger partial charge in [-0.3, -0.25) is 4.79 Å². The highest BCUT2D eigenvalue weighted by molar-refractivity contribution is 6.34. The van der Waals surface area contributed by atoms with E-state index in [1.54, 1.807) is 6.92 Å². The maximum absolute atomic E-state index is 11.7. The minimum absolute atomic E-state index is 0.0480. The van der Waals surface area contributed by atoms with Crippen molar-refractivity contribution >= 4 is 11.6 Å². The molecule has 3 nitrogen and oxygen atoms in total. The van der Waals surface area contributed by atoms with Gasteiger partial charge in [-0.15, -0.1) is 0 Å². The summed E-state index contributed by atoms with van der Waals surface area (Å²) in [6.07, 6.45) is 0. The lowest BCUT2D eigenvalue weighted by molar-refractivity contribution is 1.13. The van der Waals surface area contributed by atoms with Gasteiger partial charge in [0.1, 0.15) is 11.6 Å². The molecule has 1 aromatic carbocycles. The van der Waals surface area contributed by atoms with Crippen LogP contribution in [-0.2, 0) is 0 Å². The molecule has 0 amide bonds. The van der Waals surface area contributed by atoms with Crippen LogP contribution in [0.3, 0.4) is 0 Å². The van der Waals surface area contributed by atoms with E-state index < -0.39 is 5.56 Å². The van der Waals surface area contributed by atoms with Crippen LogP contribution in [0.15, 0.2) is 35.1 Å². The highest BCUT2D eigenvalue weighted by atomic mass is 35.5. The number of H-pyrrole nitrogens is 1. The Morgan fingerprint density at radius 2 is 1.94 bits per heavy atom. The van der Waals surface area contributed by atoms with Crippen LogP contribution in [0.5, 0.6) is 0 Å². The van der Waals surface area contributed by atoms with E-state index in [0.29, 0.717) is 16.3 Å². The second-order valence-corrected chi connectivity index (χ2v) is 4.00. The van der Waals surface area contributed by atoms with Crippen LogP contribution in [-0.4, -0.2) is 4.98 Å². The first-order valence-electron chi connectivity index (χ1n) is 5.03. The van der Waals surface area contributed by atoms with Crippen molar-refractivity contribution in [3.8, 4) is 17.2 Å². The molecule has 0 bridgehead atoms. The van der Waals surface area contributed by atoms with Gasteiger partial charge in [-0.2, -0.15) is 5.26 Å². The van der Waals surface area contributed by atoms with Crippen LogP contribution in [0, 0.1) is 18.3 Å². The van der Waals surface area contributed by atoms with Crippen LogP contribution in [0.4, 0.5) is 0 Å². The number of aryl methyl sites for hydroxylation is 1. The van der Waals surface area contributed by atoms with Crippen LogP contribution >= 0.6 is 11.6 Å². The Bertz CT molecular complexity index is 654. The molecule has 2 aromatic rings. The SMILES string of the molecule is Cc1[nH]c(=O)c(C#N)c(-c2ccccc2)c1Cl. The monoisotopic (exact) mass is 244 g/mol. The highest BCUT2D eigenvalue weighted by Gasteiger charge is 2.15. The Morgan fingerprint density at radius 1 is 1.29 bits per heavy atom. The topological polar surface area (TPSA) is 56.6 Å². The molecular formula is C13H9ClN2O. The molecule has 0 aliphatic rings. The van der Waals surface area contributed by atoms with Crippen molar-refractivity contribution in [1.29, 1.82) is 5.26 Å². The Morgan fingerprint density at radius 3 is 2.53 bits per heavy atom. The fraction of sp³-hybridized carbons (Fsp3) is 0.0769. The molecule has 4 heteroatoms. The van der Waals surface area contributed by atoms with E-state index in [9.17, 15) is 4.79 Å². The largest absolute Gasteiger partial charge is 0.324 e. The molecule has 0 atom stereocenters. The Labute approximate surface area is 103 Å². The van der Waals surface area contributed by atoms with Gasteiger partial charge in [0, 0.05) is 11.3 Å². The second kappa shape index (κ2) is 4.44. The molecule has 0 aliphatic carbocycles. The maximum Gasteiger partial charge on any atom is 0.266 e. The summed E-state index contributed by atoms with van der Waals surface area (Å²) in [5.41, 5.74) is 1.47. The van der Waals surface area contributed by atoms with Gasteiger partial charge in [-0.25, -0.2) is 0 Å². The van der Waals surface area contributed by atoms with E-state index in [0.717, 1.165) is 5.56 Å². The third kappa shape index (κ3) is 1.95. The number of aromatic amines is 1. The molecule has 0 fully saturated rings. The first-order valence-corrected chi connectivity index (χ1v) is 5.41. The average Bonchev–Trinajstić information content (AvgIpc) is 2.34. The zero-order chi connectivity index (χ0) is 12.4.